The highest BCUT2D eigenvalue weighted by molar-refractivity contribution is 9.10. The van der Waals surface area contributed by atoms with Crippen LogP contribution in [-0.4, -0.2) is 39.5 Å². The Kier molecular flexibility index (Phi) is 5.65. The number of sulfonamides is 1. The van der Waals surface area contributed by atoms with E-state index in [1.165, 1.54) is 25.3 Å². The average Bonchev–Trinajstić information content (AvgIpc) is 2.43. The van der Waals surface area contributed by atoms with E-state index in [0.29, 0.717) is 22.3 Å². The van der Waals surface area contributed by atoms with E-state index in [0.717, 1.165) is 19.6 Å². The largest absolute Gasteiger partial charge is 0.398 e. The van der Waals surface area contributed by atoms with Crippen LogP contribution >= 0.6 is 15.9 Å². The molecule has 1 aromatic carbocycles. The number of nitrogen functional groups attached to an aromatic ring is 1. The summed E-state index contributed by atoms with van der Waals surface area (Å²) in [7, 11) is -3.51. The third kappa shape index (κ3) is 4.42. The van der Waals surface area contributed by atoms with Crippen molar-refractivity contribution in [3.8, 4) is 0 Å². The van der Waals surface area contributed by atoms with Gasteiger partial charge in [0, 0.05) is 23.2 Å². The van der Waals surface area contributed by atoms with Crippen molar-refractivity contribution in [3.05, 3.63) is 22.2 Å². The summed E-state index contributed by atoms with van der Waals surface area (Å²) >= 11 is 3.30. The maximum atomic E-state index is 12.4. The molecule has 0 bridgehead atoms. The Bertz CT molecular complexity index is 598. The molecule has 0 unspecified atom stereocenters. The molecule has 5 nitrogen and oxygen atoms in total. The summed E-state index contributed by atoms with van der Waals surface area (Å²) in [6.07, 6.45) is 3.68. The van der Waals surface area contributed by atoms with E-state index in [1.54, 1.807) is 13.0 Å². The Labute approximate surface area is 135 Å². The highest BCUT2D eigenvalue weighted by Crippen LogP contribution is 2.26. The Hall–Kier alpha value is -0.630. The van der Waals surface area contributed by atoms with E-state index in [2.05, 4.69) is 25.6 Å². The second-order valence-electron chi connectivity index (χ2n) is 5.44. The standard InChI is InChI=1S/C14H22BrN3O2S/c1-11-9-12(15)13(16)10-14(11)21(19,20)17-5-8-18-6-3-2-4-7-18/h9-10,17H,2-8,16H2,1H3. The van der Waals surface area contributed by atoms with Gasteiger partial charge >= 0.3 is 0 Å². The van der Waals surface area contributed by atoms with Crippen molar-refractivity contribution in [1.82, 2.24) is 9.62 Å². The third-order valence-corrected chi connectivity index (χ3v) is 6.04. The molecule has 0 atom stereocenters. The van der Waals surface area contributed by atoms with Gasteiger partial charge in [-0.2, -0.15) is 0 Å². The van der Waals surface area contributed by atoms with Crippen molar-refractivity contribution < 1.29 is 8.42 Å². The summed E-state index contributed by atoms with van der Waals surface area (Å²) < 4.78 is 28.1. The zero-order chi connectivity index (χ0) is 15.5. The van der Waals surface area contributed by atoms with E-state index >= 15 is 0 Å². The minimum absolute atomic E-state index is 0.252. The molecular formula is C14H22BrN3O2S. The normalized spacial score (nSPS) is 17.0. The molecule has 3 N–H and O–H groups in total. The molecule has 0 aliphatic carbocycles. The lowest BCUT2D eigenvalue weighted by atomic mass is 10.1. The van der Waals surface area contributed by atoms with Crippen LogP contribution in [0.4, 0.5) is 5.69 Å². The van der Waals surface area contributed by atoms with Crippen LogP contribution in [0, 0.1) is 6.92 Å². The molecule has 0 amide bonds. The molecule has 0 spiro atoms. The van der Waals surface area contributed by atoms with E-state index in [9.17, 15) is 8.42 Å². The number of nitrogens with two attached hydrogens (primary N) is 1. The Morgan fingerprint density at radius 1 is 1.29 bits per heavy atom. The van der Waals surface area contributed by atoms with Crippen LogP contribution in [0.3, 0.4) is 0 Å². The highest BCUT2D eigenvalue weighted by atomic mass is 79.9. The number of nitrogens with one attached hydrogen (secondary N) is 1. The molecule has 1 aliphatic heterocycles. The number of piperidine rings is 1. The molecule has 0 aromatic heterocycles. The number of aryl methyl sites for hydroxylation is 1. The summed E-state index contributed by atoms with van der Waals surface area (Å²) in [6, 6.07) is 3.23. The van der Waals surface area contributed by atoms with Gasteiger partial charge in [-0.05, 0) is 66.5 Å². The third-order valence-electron chi connectivity index (χ3n) is 3.75. The van der Waals surface area contributed by atoms with Crippen molar-refractivity contribution in [3.63, 3.8) is 0 Å². The predicted molar refractivity (Wildman–Crippen MR) is 88.8 cm³/mol. The summed E-state index contributed by atoms with van der Waals surface area (Å²) in [5.74, 6) is 0. The molecule has 1 aliphatic rings. The van der Waals surface area contributed by atoms with E-state index in [-0.39, 0.29) is 4.90 Å². The fraction of sp³-hybridized carbons (Fsp3) is 0.571. The summed E-state index contributed by atoms with van der Waals surface area (Å²) in [5, 5.41) is 0. The fourth-order valence-electron chi connectivity index (χ4n) is 2.56. The topological polar surface area (TPSA) is 75.4 Å². The Balaban J connectivity index is 1.99. The monoisotopic (exact) mass is 375 g/mol. The molecule has 1 saturated heterocycles. The molecule has 118 valence electrons. The van der Waals surface area contributed by atoms with E-state index < -0.39 is 10.0 Å². The lowest BCUT2D eigenvalue weighted by molar-refractivity contribution is 0.233. The first-order valence-corrected chi connectivity index (χ1v) is 9.45. The van der Waals surface area contributed by atoms with Crippen molar-refractivity contribution in [2.45, 2.75) is 31.1 Å². The zero-order valence-electron chi connectivity index (χ0n) is 12.2. The quantitative estimate of drug-likeness (QED) is 0.772. The van der Waals surface area contributed by atoms with Crippen LogP contribution in [0.15, 0.2) is 21.5 Å². The van der Waals surface area contributed by atoms with Gasteiger partial charge in [-0.25, -0.2) is 13.1 Å². The van der Waals surface area contributed by atoms with Crippen LogP contribution in [0.5, 0.6) is 0 Å². The van der Waals surface area contributed by atoms with Crippen molar-refractivity contribution in [1.29, 1.82) is 0 Å². The number of hydrogen-bond acceptors (Lipinski definition) is 4. The second-order valence-corrected chi connectivity index (χ2v) is 8.03. The zero-order valence-corrected chi connectivity index (χ0v) is 14.6. The Morgan fingerprint density at radius 2 is 1.95 bits per heavy atom. The van der Waals surface area contributed by atoms with Crippen LogP contribution in [-0.2, 0) is 10.0 Å². The number of nitrogens with zero attached hydrogens (tertiary/aromatic N) is 1. The number of benzene rings is 1. The summed E-state index contributed by atoms with van der Waals surface area (Å²) in [6.45, 7) is 5.07. The molecule has 1 fully saturated rings. The van der Waals surface area contributed by atoms with Crippen molar-refractivity contribution >= 4 is 31.6 Å². The molecule has 0 radical (unpaired) electrons. The smallest absolute Gasteiger partial charge is 0.240 e. The van der Waals surface area contributed by atoms with Crippen LogP contribution in [0.2, 0.25) is 0 Å². The maximum Gasteiger partial charge on any atom is 0.240 e. The van der Waals surface area contributed by atoms with Crippen LogP contribution in [0.25, 0.3) is 0 Å². The van der Waals surface area contributed by atoms with Gasteiger partial charge in [-0.1, -0.05) is 6.42 Å². The number of likely N-dealkylation sites (tertiary alicyclic amines) is 1. The number of rotatable bonds is 5. The van der Waals surface area contributed by atoms with Gasteiger partial charge in [0.2, 0.25) is 10.0 Å². The SMILES string of the molecule is Cc1cc(Br)c(N)cc1S(=O)(=O)NCCN1CCCCC1. The molecule has 2 rings (SSSR count). The Morgan fingerprint density at radius 3 is 2.62 bits per heavy atom. The first-order chi connectivity index (χ1) is 9.90. The van der Waals surface area contributed by atoms with Gasteiger partial charge in [0.1, 0.15) is 0 Å². The minimum atomic E-state index is -3.51. The van der Waals surface area contributed by atoms with E-state index in [4.69, 9.17) is 5.73 Å². The predicted octanol–water partition coefficient (Wildman–Crippen LogP) is 2.10. The highest BCUT2D eigenvalue weighted by Gasteiger charge is 2.18. The minimum Gasteiger partial charge on any atom is -0.398 e. The van der Waals surface area contributed by atoms with Gasteiger partial charge in [-0.3, -0.25) is 0 Å². The lowest BCUT2D eigenvalue weighted by Gasteiger charge is -2.26. The van der Waals surface area contributed by atoms with E-state index in [1.807, 2.05) is 0 Å². The molecule has 1 heterocycles. The van der Waals surface area contributed by atoms with Crippen molar-refractivity contribution in [2.24, 2.45) is 0 Å². The number of halogens is 1. The molecule has 7 heteroatoms. The number of hydrogen-bond donors (Lipinski definition) is 2. The lowest BCUT2D eigenvalue weighted by Crippen LogP contribution is -2.37. The fourth-order valence-corrected chi connectivity index (χ4v) is 4.30. The first kappa shape index (κ1) is 16.7. The summed E-state index contributed by atoms with van der Waals surface area (Å²) in [5.41, 5.74) is 6.89. The van der Waals surface area contributed by atoms with Gasteiger partial charge < -0.3 is 10.6 Å². The van der Waals surface area contributed by atoms with Gasteiger partial charge in [-0.15, -0.1) is 0 Å². The first-order valence-electron chi connectivity index (χ1n) is 7.18. The second kappa shape index (κ2) is 7.09. The molecule has 0 saturated carbocycles. The van der Waals surface area contributed by atoms with Gasteiger partial charge in [0.05, 0.1) is 4.90 Å². The molecule has 1 aromatic rings. The van der Waals surface area contributed by atoms with Crippen molar-refractivity contribution in [2.75, 3.05) is 31.9 Å². The van der Waals surface area contributed by atoms with Gasteiger partial charge in [0.25, 0.3) is 0 Å². The van der Waals surface area contributed by atoms with Crippen LogP contribution < -0.4 is 10.5 Å². The molecule has 21 heavy (non-hydrogen) atoms. The summed E-state index contributed by atoms with van der Waals surface area (Å²) in [4.78, 5) is 2.55. The maximum absolute atomic E-state index is 12.4. The average molecular weight is 376 g/mol. The van der Waals surface area contributed by atoms with Gasteiger partial charge in [0.15, 0.2) is 0 Å². The van der Waals surface area contributed by atoms with Crippen LogP contribution in [0.1, 0.15) is 24.8 Å². The number of anilines is 1. The molecular weight excluding hydrogens is 354 g/mol.